The van der Waals surface area contributed by atoms with Gasteiger partial charge in [0, 0.05) is 35.1 Å². The monoisotopic (exact) mass is 401 g/mol. The van der Waals surface area contributed by atoms with Crippen LogP contribution in [0.5, 0.6) is 5.75 Å². The Bertz CT molecular complexity index is 1050. The third-order valence-electron chi connectivity index (χ3n) is 4.38. The lowest BCUT2D eigenvalue weighted by Crippen LogP contribution is -2.31. The van der Waals surface area contributed by atoms with E-state index in [1.807, 2.05) is 6.07 Å². The Morgan fingerprint density at radius 2 is 2.25 bits per heavy atom. The van der Waals surface area contributed by atoms with Crippen LogP contribution in [0.1, 0.15) is 24.4 Å². The molecule has 9 heteroatoms. The Morgan fingerprint density at radius 3 is 2.86 bits per heavy atom. The highest BCUT2D eigenvalue weighted by atomic mass is 35.5. The van der Waals surface area contributed by atoms with E-state index in [-0.39, 0.29) is 12.2 Å². The maximum absolute atomic E-state index is 12.7. The highest BCUT2D eigenvalue weighted by Crippen LogP contribution is 2.33. The Hall–Kier alpha value is -3.31. The van der Waals surface area contributed by atoms with E-state index in [1.54, 1.807) is 18.2 Å². The molecular weight excluding hydrogens is 386 g/mol. The standard InChI is InChI=1S/C19H16ClN3O5/c1-27-17-10-23(16(19(25)26)7-13-4-5-28-22-13)18(24)8-15(17)14-6-12(20)3-2-11(14)9-21/h2-3,6,8,10,16H,4-5,7H2,1H3,(H,25,26). The molecule has 1 aliphatic heterocycles. The smallest absolute Gasteiger partial charge is 0.327 e. The van der Waals surface area contributed by atoms with Gasteiger partial charge in [0.2, 0.25) is 0 Å². The molecule has 0 bridgehead atoms. The lowest BCUT2D eigenvalue weighted by atomic mass is 10.00. The summed E-state index contributed by atoms with van der Waals surface area (Å²) in [6.07, 6.45) is 1.88. The van der Waals surface area contributed by atoms with Gasteiger partial charge in [-0.1, -0.05) is 16.8 Å². The molecule has 1 aromatic carbocycles. The SMILES string of the molecule is COc1cn(C(CC2=NOCC2)C(=O)O)c(=O)cc1-c1cc(Cl)ccc1C#N. The summed E-state index contributed by atoms with van der Waals surface area (Å²) < 4.78 is 6.46. The maximum atomic E-state index is 12.7. The van der Waals surface area contributed by atoms with Crippen LogP contribution in [0.3, 0.4) is 0 Å². The molecule has 1 aromatic heterocycles. The van der Waals surface area contributed by atoms with Crippen LogP contribution in [0, 0.1) is 11.3 Å². The van der Waals surface area contributed by atoms with Gasteiger partial charge in [-0.2, -0.15) is 5.26 Å². The van der Waals surface area contributed by atoms with E-state index in [4.69, 9.17) is 21.2 Å². The Morgan fingerprint density at radius 1 is 1.46 bits per heavy atom. The molecular formula is C19H16ClN3O5. The summed E-state index contributed by atoms with van der Waals surface area (Å²) in [5.74, 6) is -0.929. The second kappa shape index (κ2) is 8.15. The van der Waals surface area contributed by atoms with Crippen LogP contribution in [-0.4, -0.2) is 35.1 Å². The molecule has 0 radical (unpaired) electrons. The minimum Gasteiger partial charge on any atom is -0.495 e. The molecule has 0 fully saturated rings. The maximum Gasteiger partial charge on any atom is 0.327 e. The first kappa shape index (κ1) is 19.5. The summed E-state index contributed by atoms with van der Waals surface area (Å²) in [6, 6.07) is 6.80. The van der Waals surface area contributed by atoms with Gasteiger partial charge < -0.3 is 14.7 Å². The molecule has 0 spiro atoms. The molecule has 1 N–H and O–H groups in total. The predicted octanol–water partition coefficient (Wildman–Crippen LogP) is 2.84. The van der Waals surface area contributed by atoms with Gasteiger partial charge in [-0.05, 0) is 18.2 Å². The van der Waals surface area contributed by atoms with E-state index in [2.05, 4.69) is 5.16 Å². The van der Waals surface area contributed by atoms with Crippen molar-refractivity contribution in [2.75, 3.05) is 13.7 Å². The van der Waals surface area contributed by atoms with E-state index in [9.17, 15) is 20.0 Å². The number of carbonyl (C=O) groups is 1. The number of oxime groups is 1. The van der Waals surface area contributed by atoms with Crippen LogP contribution in [-0.2, 0) is 9.63 Å². The number of nitrogens with zero attached hydrogens (tertiary/aromatic N) is 3. The number of benzene rings is 1. The van der Waals surface area contributed by atoms with Crippen molar-refractivity contribution in [3.05, 3.63) is 51.4 Å². The molecule has 0 saturated carbocycles. The predicted molar refractivity (Wildman–Crippen MR) is 102 cm³/mol. The lowest BCUT2D eigenvalue weighted by molar-refractivity contribution is -0.140. The number of pyridine rings is 1. The summed E-state index contributed by atoms with van der Waals surface area (Å²) in [5, 5.41) is 23.2. The van der Waals surface area contributed by atoms with E-state index >= 15 is 0 Å². The average Bonchev–Trinajstić information content (AvgIpc) is 3.19. The van der Waals surface area contributed by atoms with Gasteiger partial charge in [-0.15, -0.1) is 0 Å². The normalized spacial score (nSPS) is 14.0. The number of carboxylic acid groups (broad SMARTS) is 1. The number of nitriles is 1. The molecule has 1 unspecified atom stereocenters. The first-order valence-electron chi connectivity index (χ1n) is 8.35. The fourth-order valence-electron chi connectivity index (χ4n) is 3.00. The van der Waals surface area contributed by atoms with Crippen molar-refractivity contribution in [3.8, 4) is 22.9 Å². The molecule has 1 aliphatic rings. The van der Waals surface area contributed by atoms with Crippen LogP contribution in [0.15, 0.2) is 40.4 Å². The molecule has 8 nitrogen and oxygen atoms in total. The van der Waals surface area contributed by atoms with E-state index in [0.29, 0.717) is 40.5 Å². The van der Waals surface area contributed by atoms with Crippen LogP contribution in [0.25, 0.3) is 11.1 Å². The van der Waals surface area contributed by atoms with Crippen molar-refractivity contribution in [1.29, 1.82) is 5.26 Å². The summed E-state index contributed by atoms with van der Waals surface area (Å²) in [4.78, 5) is 29.4. The van der Waals surface area contributed by atoms with Crippen LogP contribution in [0.2, 0.25) is 5.02 Å². The number of aromatic nitrogens is 1. The fraction of sp³-hybridized carbons (Fsp3) is 0.263. The first-order chi connectivity index (χ1) is 13.4. The quantitative estimate of drug-likeness (QED) is 0.796. The lowest BCUT2D eigenvalue weighted by Gasteiger charge is -2.18. The van der Waals surface area contributed by atoms with Crippen LogP contribution < -0.4 is 10.3 Å². The molecule has 28 heavy (non-hydrogen) atoms. The van der Waals surface area contributed by atoms with Crippen molar-refractivity contribution in [2.24, 2.45) is 5.16 Å². The average molecular weight is 402 g/mol. The number of aliphatic carboxylic acids is 1. The minimum atomic E-state index is -1.17. The van der Waals surface area contributed by atoms with E-state index in [0.717, 1.165) is 4.57 Å². The van der Waals surface area contributed by atoms with Crippen molar-refractivity contribution >= 4 is 23.3 Å². The second-order valence-corrected chi connectivity index (χ2v) is 6.54. The number of hydrogen-bond donors (Lipinski definition) is 1. The van der Waals surface area contributed by atoms with Crippen molar-refractivity contribution in [2.45, 2.75) is 18.9 Å². The molecule has 2 aromatic rings. The Kier molecular flexibility index (Phi) is 5.66. The largest absolute Gasteiger partial charge is 0.495 e. The fourth-order valence-corrected chi connectivity index (χ4v) is 3.17. The second-order valence-electron chi connectivity index (χ2n) is 6.10. The van der Waals surface area contributed by atoms with E-state index < -0.39 is 17.6 Å². The minimum absolute atomic E-state index is 0.0400. The van der Waals surface area contributed by atoms with Gasteiger partial charge in [0.05, 0.1) is 30.7 Å². The third kappa shape index (κ3) is 3.85. The van der Waals surface area contributed by atoms with Crippen LogP contribution in [0.4, 0.5) is 0 Å². The van der Waals surface area contributed by atoms with Crippen molar-refractivity contribution < 1.29 is 19.5 Å². The van der Waals surface area contributed by atoms with Crippen LogP contribution >= 0.6 is 11.6 Å². The zero-order valence-corrected chi connectivity index (χ0v) is 15.6. The molecule has 3 rings (SSSR count). The zero-order valence-electron chi connectivity index (χ0n) is 14.9. The number of ether oxygens (including phenoxy) is 1. The van der Waals surface area contributed by atoms with Crippen molar-refractivity contribution in [3.63, 3.8) is 0 Å². The number of carboxylic acids is 1. The zero-order chi connectivity index (χ0) is 20.3. The van der Waals surface area contributed by atoms with Gasteiger partial charge in [0.1, 0.15) is 18.4 Å². The van der Waals surface area contributed by atoms with Gasteiger partial charge >= 0.3 is 5.97 Å². The number of rotatable bonds is 6. The van der Waals surface area contributed by atoms with E-state index in [1.165, 1.54) is 19.4 Å². The first-order valence-corrected chi connectivity index (χ1v) is 8.73. The number of halogens is 1. The Labute approximate surface area is 165 Å². The number of hydrogen-bond acceptors (Lipinski definition) is 6. The molecule has 2 heterocycles. The summed E-state index contributed by atoms with van der Waals surface area (Å²) in [6.45, 7) is 0.393. The van der Waals surface area contributed by atoms with Gasteiger partial charge in [-0.3, -0.25) is 9.36 Å². The van der Waals surface area contributed by atoms with Gasteiger partial charge in [0.25, 0.3) is 5.56 Å². The Balaban J connectivity index is 2.12. The highest BCUT2D eigenvalue weighted by Gasteiger charge is 2.26. The third-order valence-corrected chi connectivity index (χ3v) is 4.62. The van der Waals surface area contributed by atoms with Crippen molar-refractivity contribution in [1.82, 2.24) is 4.57 Å². The molecule has 0 saturated heterocycles. The topological polar surface area (TPSA) is 114 Å². The van der Waals surface area contributed by atoms with Gasteiger partial charge in [0.15, 0.2) is 0 Å². The highest BCUT2D eigenvalue weighted by molar-refractivity contribution is 6.31. The molecule has 1 atom stereocenters. The molecule has 0 amide bonds. The molecule has 0 aliphatic carbocycles. The summed E-state index contributed by atoms with van der Waals surface area (Å²) in [5.41, 5.74) is 1.12. The van der Waals surface area contributed by atoms with Gasteiger partial charge in [-0.25, -0.2) is 4.79 Å². The summed E-state index contributed by atoms with van der Waals surface area (Å²) in [7, 11) is 1.40. The summed E-state index contributed by atoms with van der Waals surface area (Å²) >= 11 is 6.04. The number of methoxy groups -OCH3 is 1. The molecule has 144 valence electrons.